The molecule has 0 amide bonds. The van der Waals surface area contributed by atoms with Crippen molar-refractivity contribution in [2.24, 2.45) is 0 Å². The van der Waals surface area contributed by atoms with Gasteiger partial charge in [-0.3, -0.25) is 4.98 Å². The maximum Gasteiger partial charge on any atom is 0.416 e. The fraction of sp³-hybridized carbons (Fsp3) is 0.100. The first-order valence-electron chi connectivity index (χ1n) is 15.6. The maximum absolute atomic E-state index is 13.9. The summed E-state index contributed by atoms with van der Waals surface area (Å²) in [5.41, 5.74) is 5.29. The Balaban J connectivity index is 1.47. The van der Waals surface area contributed by atoms with Crippen LogP contribution in [0.5, 0.6) is 0 Å². The lowest BCUT2D eigenvalue weighted by Crippen LogP contribution is -2.05. The zero-order valence-electron chi connectivity index (χ0n) is 26.4. The Morgan fingerprint density at radius 3 is 1.52 bits per heavy atom. The second kappa shape index (κ2) is 11.0. The van der Waals surface area contributed by atoms with E-state index in [-0.39, 0.29) is 21.8 Å². The Morgan fingerprint density at radius 2 is 1.02 bits per heavy atom. The fourth-order valence-electron chi connectivity index (χ4n) is 6.95. The van der Waals surface area contributed by atoms with Crippen LogP contribution < -0.4 is 0 Å². The van der Waals surface area contributed by atoms with E-state index in [0.29, 0.717) is 22.4 Å². The molecule has 0 bridgehead atoms. The number of nitrogens with zero attached hydrogens (tertiary/aromatic N) is 4. The molecule has 0 atom stereocenters. The van der Waals surface area contributed by atoms with E-state index in [1.165, 1.54) is 18.3 Å². The molecule has 0 aliphatic carbocycles. The van der Waals surface area contributed by atoms with Gasteiger partial charge in [0.05, 0.1) is 62.4 Å². The van der Waals surface area contributed by atoms with Gasteiger partial charge in [0, 0.05) is 38.9 Å². The van der Waals surface area contributed by atoms with Gasteiger partial charge in [-0.25, -0.2) is 0 Å². The molecule has 0 spiro atoms. The molecule has 0 aliphatic heterocycles. The van der Waals surface area contributed by atoms with E-state index < -0.39 is 23.5 Å². The molecule has 10 heteroatoms. The van der Waals surface area contributed by atoms with Crippen LogP contribution in [0.25, 0.3) is 66.1 Å². The van der Waals surface area contributed by atoms with Crippen molar-refractivity contribution in [3.8, 4) is 28.6 Å². The van der Waals surface area contributed by atoms with Crippen molar-refractivity contribution in [3.63, 3.8) is 0 Å². The fourth-order valence-corrected chi connectivity index (χ4v) is 6.95. The molecule has 5 aromatic carbocycles. The first kappa shape index (κ1) is 31.2. The summed E-state index contributed by atoms with van der Waals surface area (Å²) in [6, 6.07) is 27.8. The van der Waals surface area contributed by atoms with Gasteiger partial charge in [0.25, 0.3) is 0 Å². The third-order valence-corrected chi connectivity index (χ3v) is 9.19. The van der Waals surface area contributed by atoms with Crippen LogP contribution in [0, 0.1) is 25.2 Å². The average Bonchev–Trinajstić information content (AvgIpc) is 3.58. The lowest BCUT2D eigenvalue weighted by atomic mass is 10.00. The van der Waals surface area contributed by atoms with Crippen molar-refractivity contribution in [2.75, 3.05) is 0 Å². The van der Waals surface area contributed by atoms with Crippen molar-refractivity contribution < 1.29 is 26.3 Å². The van der Waals surface area contributed by atoms with E-state index in [4.69, 9.17) is 0 Å². The van der Waals surface area contributed by atoms with E-state index >= 15 is 0 Å². The Bertz CT molecular complexity index is 2590. The molecule has 50 heavy (non-hydrogen) atoms. The van der Waals surface area contributed by atoms with Crippen LogP contribution in [-0.2, 0) is 12.4 Å². The summed E-state index contributed by atoms with van der Waals surface area (Å²) in [6.45, 7) is 4.05. The third-order valence-electron chi connectivity index (χ3n) is 9.19. The highest BCUT2D eigenvalue weighted by Gasteiger charge is 2.33. The molecule has 0 radical (unpaired) electrons. The number of nitriles is 1. The zero-order chi connectivity index (χ0) is 35.1. The Hall–Kier alpha value is -6.08. The Morgan fingerprint density at radius 1 is 0.540 bits per heavy atom. The zero-order valence-corrected chi connectivity index (χ0v) is 26.4. The van der Waals surface area contributed by atoms with E-state index in [1.54, 1.807) is 29.0 Å². The molecular weight excluding hydrogens is 650 g/mol. The predicted molar refractivity (Wildman–Crippen MR) is 183 cm³/mol. The minimum atomic E-state index is -4.71. The highest BCUT2D eigenvalue weighted by Crippen LogP contribution is 2.43. The van der Waals surface area contributed by atoms with E-state index in [9.17, 15) is 31.6 Å². The van der Waals surface area contributed by atoms with Crippen molar-refractivity contribution >= 4 is 43.6 Å². The quantitative estimate of drug-likeness (QED) is 0.175. The first-order chi connectivity index (χ1) is 23.8. The minimum Gasteiger partial charge on any atom is -0.309 e. The number of aromatic nitrogens is 3. The Kier molecular flexibility index (Phi) is 6.85. The molecule has 246 valence electrons. The molecule has 0 saturated heterocycles. The summed E-state index contributed by atoms with van der Waals surface area (Å²) >= 11 is 0. The molecule has 3 heterocycles. The number of pyridine rings is 1. The van der Waals surface area contributed by atoms with Gasteiger partial charge in [0.2, 0.25) is 0 Å². The van der Waals surface area contributed by atoms with Crippen molar-refractivity contribution in [1.82, 2.24) is 14.1 Å². The minimum absolute atomic E-state index is 0.00913. The van der Waals surface area contributed by atoms with Gasteiger partial charge >= 0.3 is 12.4 Å². The highest BCUT2D eigenvalue weighted by molar-refractivity contribution is 6.12. The van der Waals surface area contributed by atoms with Gasteiger partial charge in [-0.1, -0.05) is 23.3 Å². The second-order valence-corrected chi connectivity index (χ2v) is 12.4. The molecule has 4 nitrogen and oxygen atoms in total. The molecule has 8 aromatic rings. The number of rotatable bonds is 3. The number of aryl methyl sites for hydroxylation is 2. The number of fused-ring (bicyclic) bond motifs is 6. The van der Waals surface area contributed by atoms with Gasteiger partial charge in [0.15, 0.2) is 0 Å². The molecule has 0 fully saturated rings. The summed E-state index contributed by atoms with van der Waals surface area (Å²) < 4.78 is 87.1. The maximum atomic E-state index is 13.9. The van der Waals surface area contributed by atoms with Crippen LogP contribution in [0.3, 0.4) is 0 Å². The van der Waals surface area contributed by atoms with Crippen LogP contribution in [-0.4, -0.2) is 14.1 Å². The van der Waals surface area contributed by atoms with Gasteiger partial charge in [0.1, 0.15) is 0 Å². The summed E-state index contributed by atoms with van der Waals surface area (Å²) in [7, 11) is 0. The molecule has 0 aliphatic rings. The van der Waals surface area contributed by atoms with Gasteiger partial charge < -0.3 is 9.13 Å². The van der Waals surface area contributed by atoms with Crippen LogP contribution >= 0.6 is 0 Å². The number of hydrogen-bond donors (Lipinski definition) is 0. The third kappa shape index (κ3) is 4.88. The summed E-state index contributed by atoms with van der Waals surface area (Å²) in [4.78, 5) is 4.36. The summed E-state index contributed by atoms with van der Waals surface area (Å²) in [6.07, 6.45) is -6.33. The molecule has 0 N–H and O–H groups in total. The average molecular weight is 675 g/mol. The summed E-state index contributed by atoms with van der Waals surface area (Å²) in [5.74, 6) is 0. The molecule has 3 aromatic heterocycles. The van der Waals surface area contributed by atoms with Crippen molar-refractivity contribution in [1.29, 1.82) is 5.26 Å². The van der Waals surface area contributed by atoms with E-state index in [2.05, 4.69) is 27.8 Å². The number of benzene rings is 5. The van der Waals surface area contributed by atoms with Crippen molar-refractivity contribution in [2.45, 2.75) is 26.2 Å². The van der Waals surface area contributed by atoms with Crippen LogP contribution in [0.2, 0.25) is 0 Å². The summed E-state index contributed by atoms with van der Waals surface area (Å²) in [5, 5.41) is 12.1. The van der Waals surface area contributed by atoms with Gasteiger partial charge in [-0.15, -0.1) is 0 Å². The van der Waals surface area contributed by atoms with Crippen LogP contribution in [0.4, 0.5) is 26.3 Å². The topological polar surface area (TPSA) is 46.5 Å². The monoisotopic (exact) mass is 674 g/mol. The lowest BCUT2D eigenvalue weighted by Gasteiger charge is -2.18. The normalized spacial score (nSPS) is 12.4. The number of alkyl halides is 6. The number of halogens is 6. The molecule has 8 rings (SSSR count). The standard InChI is InChI=1S/C40H24F6N4/c1-22-3-8-33-28(15-22)29-16-23(2)4-9-34(29)49(33)35-10-5-24(20-47)17-30(35)27-13-14-48-21-38(27)50-36-11-6-25(39(41,42)43)18-31(36)32-19-26(40(44,45)46)7-12-37(32)50/h3-19,21H,1-2H3. The van der Waals surface area contributed by atoms with E-state index in [0.717, 1.165) is 62.9 Å². The van der Waals surface area contributed by atoms with Gasteiger partial charge in [-0.05, 0) is 98.8 Å². The van der Waals surface area contributed by atoms with Crippen LogP contribution in [0.1, 0.15) is 27.8 Å². The second-order valence-electron chi connectivity index (χ2n) is 12.4. The lowest BCUT2D eigenvalue weighted by molar-refractivity contribution is -0.138. The smallest absolute Gasteiger partial charge is 0.309 e. The van der Waals surface area contributed by atoms with E-state index in [1.807, 2.05) is 44.2 Å². The first-order valence-corrected chi connectivity index (χ1v) is 15.6. The predicted octanol–water partition coefficient (Wildman–Crippen LogP) is 11.5. The number of hydrogen-bond acceptors (Lipinski definition) is 2. The molecule has 0 saturated carbocycles. The van der Waals surface area contributed by atoms with Crippen LogP contribution in [0.15, 0.2) is 109 Å². The largest absolute Gasteiger partial charge is 0.416 e. The van der Waals surface area contributed by atoms with Gasteiger partial charge in [-0.2, -0.15) is 31.6 Å². The Labute approximate surface area is 281 Å². The SMILES string of the molecule is Cc1ccc2c(c1)c1cc(C)ccc1n2-c1ccc(C#N)cc1-c1ccncc1-n1c2ccc(C(F)(F)F)cc2c2cc(C(F)(F)F)ccc21. The molecular formula is C40H24F6N4. The van der Waals surface area contributed by atoms with Crippen molar-refractivity contribution in [3.05, 3.63) is 137 Å². The molecule has 0 unspecified atom stereocenters. The highest BCUT2D eigenvalue weighted by atomic mass is 19.4.